The lowest BCUT2D eigenvalue weighted by atomic mass is 9.89. The van der Waals surface area contributed by atoms with E-state index in [0.717, 1.165) is 30.5 Å². The van der Waals surface area contributed by atoms with Gasteiger partial charge < -0.3 is 10.2 Å². The Morgan fingerprint density at radius 3 is 2.37 bits per heavy atom. The van der Waals surface area contributed by atoms with Crippen LogP contribution in [-0.2, 0) is 22.4 Å². The number of fused-ring (bicyclic) bond motifs is 1. The van der Waals surface area contributed by atoms with Gasteiger partial charge >= 0.3 is 11.8 Å². The Kier molecular flexibility index (Phi) is 6.28. The van der Waals surface area contributed by atoms with Crippen molar-refractivity contribution >= 4 is 17.5 Å². The van der Waals surface area contributed by atoms with Crippen molar-refractivity contribution in [3.63, 3.8) is 0 Å². The van der Waals surface area contributed by atoms with Gasteiger partial charge in [0.2, 0.25) is 0 Å². The summed E-state index contributed by atoms with van der Waals surface area (Å²) in [5.74, 6) is -1.06. The normalized spacial score (nSPS) is 14.1. The number of hydrogen-bond donors (Lipinski definition) is 1. The highest BCUT2D eigenvalue weighted by Crippen LogP contribution is 2.26. The smallest absolute Gasteiger partial charge is 0.316 e. The van der Waals surface area contributed by atoms with Crippen LogP contribution in [0.4, 0.5) is 5.69 Å². The van der Waals surface area contributed by atoms with Crippen LogP contribution in [0.2, 0.25) is 0 Å². The first-order chi connectivity index (χ1) is 13.1. The van der Waals surface area contributed by atoms with E-state index in [-0.39, 0.29) is 6.04 Å². The van der Waals surface area contributed by atoms with Crippen molar-refractivity contribution in [2.75, 3.05) is 11.4 Å². The average molecular weight is 364 g/mol. The highest BCUT2D eigenvalue weighted by molar-refractivity contribution is 6.40. The van der Waals surface area contributed by atoms with E-state index >= 15 is 0 Å². The van der Waals surface area contributed by atoms with E-state index in [4.69, 9.17) is 0 Å². The van der Waals surface area contributed by atoms with Crippen molar-refractivity contribution in [1.29, 1.82) is 0 Å². The van der Waals surface area contributed by atoms with Crippen molar-refractivity contribution in [2.45, 2.75) is 52.0 Å². The first kappa shape index (κ1) is 19.2. The van der Waals surface area contributed by atoms with E-state index < -0.39 is 11.8 Å². The van der Waals surface area contributed by atoms with Crippen molar-refractivity contribution in [3.8, 4) is 0 Å². The fraction of sp³-hybridized carbons (Fsp3) is 0.391. The molecule has 0 radical (unpaired) electrons. The predicted molar refractivity (Wildman–Crippen MR) is 109 cm³/mol. The van der Waals surface area contributed by atoms with Gasteiger partial charge in [-0.3, -0.25) is 9.59 Å². The van der Waals surface area contributed by atoms with Gasteiger partial charge in [0.15, 0.2) is 0 Å². The molecule has 2 aromatic carbocycles. The zero-order valence-electron chi connectivity index (χ0n) is 16.2. The molecule has 1 atom stereocenters. The molecule has 0 saturated heterocycles. The van der Waals surface area contributed by atoms with Crippen molar-refractivity contribution in [3.05, 3.63) is 65.2 Å². The molecule has 1 aliphatic rings. The zero-order chi connectivity index (χ0) is 19.2. The number of para-hydroxylation sites is 1. The summed E-state index contributed by atoms with van der Waals surface area (Å²) >= 11 is 0. The summed E-state index contributed by atoms with van der Waals surface area (Å²) in [6.45, 7) is 4.36. The van der Waals surface area contributed by atoms with Crippen LogP contribution in [0.5, 0.6) is 0 Å². The van der Waals surface area contributed by atoms with E-state index in [1.807, 2.05) is 44.2 Å². The van der Waals surface area contributed by atoms with Crippen LogP contribution in [0, 0.1) is 0 Å². The molecule has 2 amide bonds. The minimum Gasteiger partial charge on any atom is -0.341 e. The van der Waals surface area contributed by atoms with Crippen LogP contribution in [0.1, 0.15) is 55.8 Å². The topological polar surface area (TPSA) is 49.4 Å². The Morgan fingerprint density at radius 1 is 1.00 bits per heavy atom. The van der Waals surface area contributed by atoms with Crippen molar-refractivity contribution in [1.82, 2.24) is 5.32 Å². The zero-order valence-corrected chi connectivity index (χ0v) is 16.2. The molecule has 0 aliphatic heterocycles. The minimum absolute atomic E-state index is 0.150. The average Bonchev–Trinajstić information content (AvgIpc) is 2.72. The number of benzene rings is 2. The van der Waals surface area contributed by atoms with Crippen LogP contribution in [-0.4, -0.2) is 18.4 Å². The quantitative estimate of drug-likeness (QED) is 0.809. The Bertz CT molecular complexity index is 801. The molecule has 2 aromatic rings. The van der Waals surface area contributed by atoms with Gasteiger partial charge in [0.25, 0.3) is 0 Å². The van der Waals surface area contributed by atoms with Gasteiger partial charge in [0, 0.05) is 12.2 Å². The van der Waals surface area contributed by atoms with E-state index in [1.165, 1.54) is 28.9 Å². The van der Waals surface area contributed by atoms with Crippen LogP contribution < -0.4 is 10.2 Å². The Hall–Kier alpha value is -2.62. The van der Waals surface area contributed by atoms with E-state index in [2.05, 4.69) is 23.5 Å². The Labute approximate surface area is 161 Å². The van der Waals surface area contributed by atoms with Gasteiger partial charge in [-0.25, -0.2) is 0 Å². The third kappa shape index (κ3) is 4.38. The summed E-state index contributed by atoms with van der Waals surface area (Å²) in [6, 6.07) is 15.7. The fourth-order valence-electron chi connectivity index (χ4n) is 3.79. The molecule has 1 N–H and O–H groups in total. The van der Waals surface area contributed by atoms with Gasteiger partial charge in [-0.1, -0.05) is 43.3 Å². The van der Waals surface area contributed by atoms with Crippen molar-refractivity contribution in [2.24, 2.45) is 0 Å². The lowest BCUT2D eigenvalue weighted by Gasteiger charge is -2.24. The van der Waals surface area contributed by atoms with Gasteiger partial charge in [0.1, 0.15) is 0 Å². The van der Waals surface area contributed by atoms with Crippen LogP contribution in [0.3, 0.4) is 0 Å². The maximum absolute atomic E-state index is 12.7. The molecule has 0 saturated carbocycles. The third-order valence-electron chi connectivity index (χ3n) is 5.31. The summed E-state index contributed by atoms with van der Waals surface area (Å²) in [5.41, 5.74) is 4.63. The molecule has 0 bridgehead atoms. The highest BCUT2D eigenvalue weighted by atomic mass is 16.2. The second kappa shape index (κ2) is 8.85. The standard InChI is InChI=1S/C23H28N2O2/c1-3-21(19-15-14-17-10-8-9-11-18(17)16-19)24-22(26)23(27)25(4-2)20-12-6-5-7-13-20/h5-7,12-16,21H,3-4,8-11H2,1-2H3,(H,24,26). The third-order valence-corrected chi connectivity index (χ3v) is 5.31. The molecule has 0 fully saturated rings. The largest absolute Gasteiger partial charge is 0.341 e. The summed E-state index contributed by atoms with van der Waals surface area (Å²) in [6.07, 6.45) is 5.46. The number of hydrogen-bond acceptors (Lipinski definition) is 2. The van der Waals surface area contributed by atoms with Crippen LogP contribution >= 0.6 is 0 Å². The highest BCUT2D eigenvalue weighted by Gasteiger charge is 2.25. The van der Waals surface area contributed by atoms with Crippen LogP contribution in [0.25, 0.3) is 0 Å². The molecule has 1 unspecified atom stereocenters. The lowest BCUT2D eigenvalue weighted by Crippen LogP contribution is -2.44. The number of aryl methyl sites for hydroxylation is 2. The summed E-state index contributed by atoms with van der Waals surface area (Å²) in [7, 11) is 0. The SMILES string of the molecule is CCC(NC(=O)C(=O)N(CC)c1ccccc1)c1ccc2c(c1)CCCC2. The number of rotatable bonds is 5. The summed E-state index contributed by atoms with van der Waals surface area (Å²) < 4.78 is 0. The number of carbonyl (C=O) groups excluding carboxylic acids is 2. The molecule has 3 rings (SSSR count). The second-order valence-corrected chi connectivity index (χ2v) is 7.05. The van der Waals surface area contributed by atoms with E-state index in [0.29, 0.717) is 6.54 Å². The maximum atomic E-state index is 12.7. The van der Waals surface area contributed by atoms with Crippen LogP contribution in [0.15, 0.2) is 48.5 Å². The first-order valence-corrected chi connectivity index (χ1v) is 9.93. The Balaban J connectivity index is 1.73. The molecule has 4 nitrogen and oxygen atoms in total. The van der Waals surface area contributed by atoms with Gasteiger partial charge in [-0.2, -0.15) is 0 Å². The van der Waals surface area contributed by atoms with Gasteiger partial charge in [0.05, 0.1) is 6.04 Å². The molecule has 0 heterocycles. The summed E-state index contributed by atoms with van der Waals surface area (Å²) in [4.78, 5) is 26.9. The fourth-order valence-corrected chi connectivity index (χ4v) is 3.79. The predicted octanol–water partition coefficient (Wildman–Crippen LogP) is 4.19. The van der Waals surface area contributed by atoms with E-state index in [9.17, 15) is 9.59 Å². The molecule has 0 spiro atoms. The monoisotopic (exact) mass is 364 g/mol. The number of likely N-dealkylation sites (N-methyl/N-ethyl adjacent to an activating group) is 1. The number of nitrogens with one attached hydrogen (secondary N) is 1. The second-order valence-electron chi connectivity index (χ2n) is 7.05. The molecule has 1 aliphatic carbocycles. The molecule has 4 heteroatoms. The minimum atomic E-state index is -0.551. The summed E-state index contributed by atoms with van der Waals surface area (Å²) in [5, 5.41) is 2.94. The number of carbonyl (C=O) groups is 2. The number of amides is 2. The molecular weight excluding hydrogens is 336 g/mol. The van der Waals surface area contributed by atoms with Gasteiger partial charge in [-0.05, 0) is 67.9 Å². The Morgan fingerprint density at radius 2 is 1.70 bits per heavy atom. The lowest BCUT2D eigenvalue weighted by molar-refractivity contribution is -0.138. The molecule has 142 valence electrons. The van der Waals surface area contributed by atoms with E-state index in [1.54, 1.807) is 0 Å². The van der Waals surface area contributed by atoms with Crippen molar-refractivity contribution < 1.29 is 9.59 Å². The molecule has 0 aromatic heterocycles. The first-order valence-electron chi connectivity index (χ1n) is 9.93. The molecular formula is C23H28N2O2. The number of nitrogens with zero attached hydrogens (tertiary/aromatic N) is 1. The maximum Gasteiger partial charge on any atom is 0.316 e. The molecule has 27 heavy (non-hydrogen) atoms. The van der Waals surface area contributed by atoms with Gasteiger partial charge in [-0.15, -0.1) is 0 Å². The number of anilines is 1.